The molecule has 1 N–H and O–H groups in total. The first-order valence-corrected chi connectivity index (χ1v) is 6.60. The minimum atomic E-state index is -0.121. The van der Waals surface area contributed by atoms with Gasteiger partial charge in [-0.3, -0.25) is 0 Å². The zero-order chi connectivity index (χ0) is 12.8. The maximum Gasteiger partial charge on any atom is 0.127 e. The van der Waals surface area contributed by atoms with Crippen molar-refractivity contribution in [1.82, 2.24) is 5.32 Å². The van der Waals surface area contributed by atoms with E-state index in [1.54, 1.807) is 6.07 Å². The molecule has 1 rings (SSSR count). The van der Waals surface area contributed by atoms with E-state index in [1.807, 2.05) is 19.1 Å². The third kappa shape index (κ3) is 3.81. The largest absolute Gasteiger partial charge is 0.307 e. The Balaban J connectivity index is 2.66. The predicted octanol–water partition coefficient (Wildman–Crippen LogP) is 4.30. The second-order valence-electron chi connectivity index (χ2n) is 4.78. The molecule has 0 heterocycles. The third-order valence-electron chi connectivity index (χ3n) is 3.64. The van der Waals surface area contributed by atoms with Crippen LogP contribution in [0.2, 0.25) is 0 Å². The van der Waals surface area contributed by atoms with Gasteiger partial charge >= 0.3 is 0 Å². The Morgan fingerprint density at radius 2 is 1.71 bits per heavy atom. The van der Waals surface area contributed by atoms with Crippen molar-refractivity contribution in [3.8, 4) is 0 Å². The van der Waals surface area contributed by atoms with Gasteiger partial charge in [0.25, 0.3) is 0 Å². The van der Waals surface area contributed by atoms with Gasteiger partial charge in [-0.05, 0) is 25.8 Å². The smallest absolute Gasteiger partial charge is 0.127 e. The molecule has 2 unspecified atom stereocenters. The Kier molecular flexibility index (Phi) is 5.63. The minimum Gasteiger partial charge on any atom is -0.307 e. The zero-order valence-corrected chi connectivity index (χ0v) is 11.3. The summed E-state index contributed by atoms with van der Waals surface area (Å²) < 4.78 is 13.6. The first kappa shape index (κ1) is 14.2. The molecule has 96 valence electrons. The van der Waals surface area contributed by atoms with Gasteiger partial charge in [-0.15, -0.1) is 0 Å². The molecule has 1 aromatic carbocycles. The maximum atomic E-state index is 13.6. The molecular formula is C15H24FN. The van der Waals surface area contributed by atoms with Crippen LogP contribution in [0, 0.1) is 11.7 Å². The second-order valence-corrected chi connectivity index (χ2v) is 4.78. The third-order valence-corrected chi connectivity index (χ3v) is 3.64. The normalized spacial score (nSPS) is 14.9. The van der Waals surface area contributed by atoms with E-state index in [-0.39, 0.29) is 11.9 Å². The Hall–Kier alpha value is -0.890. The van der Waals surface area contributed by atoms with Crippen LogP contribution in [0.25, 0.3) is 0 Å². The molecule has 0 aromatic heterocycles. The van der Waals surface area contributed by atoms with Crippen molar-refractivity contribution < 1.29 is 4.39 Å². The fraction of sp³-hybridized carbons (Fsp3) is 0.600. The monoisotopic (exact) mass is 237 g/mol. The summed E-state index contributed by atoms with van der Waals surface area (Å²) in [5.74, 6) is 0.536. The molecule has 0 aliphatic carbocycles. The summed E-state index contributed by atoms with van der Waals surface area (Å²) in [5.41, 5.74) is 0.755. The molecule has 0 amide bonds. The Bertz CT molecular complexity index is 333. The van der Waals surface area contributed by atoms with Crippen LogP contribution >= 0.6 is 0 Å². The predicted molar refractivity (Wildman–Crippen MR) is 71.5 cm³/mol. The van der Waals surface area contributed by atoms with Crippen LogP contribution in [0.15, 0.2) is 24.3 Å². The highest BCUT2D eigenvalue weighted by atomic mass is 19.1. The molecule has 0 aliphatic heterocycles. The van der Waals surface area contributed by atoms with Gasteiger partial charge in [0.05, 0.1) is 0 Å². The standard InChI is InChI=1S/C15H24FN/c1-5-13(6-2)11(3)17-12(4)14-9-7-8-10-15(14)16/h7-13,17H,5-6H2,1-4H3. The van der Waals surface area contributed by atoms with Crippen LogP contribution in [0.5, 0.6) is 0 Å². The van der Waals surface area contributed by atoms with Crippen LogP contribution in [-0.2, 0) is 0 Å². The number of hydrogen-bond donors (Lipinski definition) is 1. The van der Waals surface area contributed by atoms with Crippen LogP contribution < -0.4 is 5.32 Å². The van der Waals surface area contributed by atoms with Gasteiger partial charge < -0.3 is 5.32 Å². The molecular weight excluding hydrogens is 213 g/mol. The van der Waals surface area contributed by atoms with Crippen molar-refractivity contribution in [2.24, 2.45) is 5.92 Å². The van der Waals surface area contributed by atoms with E-state index in [1.165, 1.54) is 6.07 Å². The summed E-state index contributed by atoms with van der Waals surface area (Å²) in [7, 11) is 0. The van der Waals surface area contributed by atoms with E-state index in [2.05, 4.69) is 26.1 Å². The number of halogens is 1. The first-order valence-electron chi connectivity index (χ1n) is 6.60. The molecule has 0 saturated carbocycles. The van der Waals surface area contributed by atoms with E-state index in [0.717, 1.165) is 18.4 Å². The molecule has 0 radical (unpaired) electrons. The summed E-state index contributed by atoms with van der Waals surface area (Å²) in [6, 6.07) is 7.47. The lowest BCUT2D eigenvalue weighted by molar-refractivity contribution is 0.327. The average molecular weight is 237 g/mol. The van der Waals surface area contributed by atoms with Crippen LogP contribution in [0.1, 0.15) is 52.1 Å². The molecule has 0 bridgehead atoms. The number of benzene rings is 1. The van der Waals surface area contributed by atoms with Crippen LogP contribution in [0.3, 0.4) is 0 Å². The van der Waals surface area contributed by atoms with Gasteiger partial charge in [-0.1, -0.05) is 44.9 Å². The molecule has 17 heavy (non-hydrogen) atoms. The van der Waals surface area contributed by atoms with E-state index >= 15 is 0 Å². The van der Waals surface area contributed by atoms with Crippen molar-refractivity contribution in [3.63, 3.8) is 0 Å². The fourth-order valence-electron chi connectivity index (χ4n) is 2.44. The number of hydrogen-bond acceptors (Lipinski definition) is 1. The van der Waals surface area contributed by atoms with Gasteiger partial charge in [-0.25, -0.2) is 4.39 Å². The van der Waals surface area contributed by atoms with Crippen molar-refractivity contribution >= 4 is 0 Å². The zero-order valence-electron chi connectivity index (χ0n) is 11.3. The Morgan fingerprint density at radius 3 is 2.24 bits per heavy atom. The average Bonchev–Trinajstić information content (AvgIpc) is 2.31. The van der Waals surface area contributed by atoms with E-state index in [0.29, 0.717) is 12.0 Å². The summed E-state index contributed by atoms with van der Waals surface area (Å²) in [4.78, 5) is 0. The fourth-order valence-corrected chi connectivity index (χ4v) is 2.44. The summed E-state index contributed by atoms with van der Waals surface area (Å²) in [6.45, 7) is 8.63. The van der Waals surface area contributed by atoms with Crippen molar-refractivity contribution in [2.75, 3.05) is 0 Å². The molecule has 0 aliphatic rings. The van der Waals surface area contributed by atoms with Gasteiger partial charge in [0.2, 0.25) is 0 Å². The van der Waals surface area contributed by atoms with Gasteiger partial charge in [0.15, 0.2) is 0 Å². The topological polar surface area (TPSA) is 12.0 Å². The van der Waals surface area contributed by atoms with Gasteiger partial charge in [-0.2, -0.15) is 0 Å². The number of rotatable bonds is 6. The molecule has 0 spiro atoms. The van der Waals surface area contributed by atoms with Crippen LogP contribution in [0.4, 0.5) is 4.39 Å². The van der Waals surface area contributed by atoms with E-state index in [4.69, 9.17) is 0 Å². The van der Waals surface area contributed by atoms with Crippen LogP contribution in [-0.4, -0.2) is 6.04 Å². The highest BCUT2D eigenvalue weighted by molar-refractivity contribution is 5.20. The summed E-state index contributed by atoms with van der Waals surface area (Å²) >= 11 is 0. The van der Waals surface area contributed by atoms with Crippen molar-refractivity contribution in [2.45, 2.75) is 52.6 Å². The van der Waals surface area contributed by atoms with Crippen molar-refractivity contribution in [1.29, 1.82) is 0 Å². The molecule has 2 atom stereocenters. The lowest BCUT2D eigenvalue weighted by Gasteiger charge is -2.26. The maximum absolute atomic E-state index is 13.6. The lowest BCUT2D eigenvalue weighted by atomic mass is 9.94. The second kappa shape index (κ2) is 6.75. The summed E-state index contributed by atoms with van der Waals surface area (Å²) in [6.07, 6.45) is 2.32. The SMILES string of the molecule is CCC(CC)C(C)NC(C)c1ccccc1F. The molecule has 0 fully saturated rings. The van der Waals surface area contributed by atoms with E-state index in [9.17, 15) is 4.39 Å². The van der Waals surface area contributed by atoms with Crippen molar-refractivity contribution in [3.05, 3.63) is 35.6 Å². The Labute approximate surface area is 104 Å². The highest BCUT2D eigenvalue weighted by Crippen LogP contribution is 2.20. The molecule has 1 nitrogen and oxygen atoms in total. The number of nitrogens with one attached hydrogen (secondary N) is 1. The van der Waals surface area contributed by atoms with E-state index < -0.39 is 0 Å². The Morgan fingerprint density at radius 1 is 1.12 bits per heavy atom. The molecule has 0 saturated heterocycles. The summed E-state index contributed by atoms with van der Waals surface area (Å²) in [5, 5.41) is 3.50. The molecule has 2 heteroatoms. The van der Waals surface area contributed by atoms with Gasteiger partial charge in [0, 0.05) is 17.6 Å². The lowest BCUT2D eigenvalue weighted by Crippen LogP contribution is -2.35. The van der Waals surface area contributed by atoms with Gasteiger partial charge in [0.1, 0.15) is 5.82 Å². The quantitative estimate of drug-likeness (QED) is 0.777. The minimum absolute atomic E-state index is 0.0619. The first-order chi connectivity index (χ1) is 8.10. The molecule has 1 aromatic rings. The highest BCUT2D eigenvalue weighted by Gasteiger charge is 2.17.